The highest BCUT2D eigenvalue weighted by atomic mass is 16.5. The maximum atomic E-state index is 13.0. The van der Waals surface area contributed by atoms with Crippen molar-refractivity contribution in [1.29, 1.82) is 0 Å². The van der Waals surface area contributed by atoms with Crippen LogP contribution in [0.4, 0.5) is 5.69 Å². The molecule has 21 heavy (non-hydrogen) atoms. The van der Waals surface area contributed by atoms with Crippen molar-refractivity contribution in [2.45, 2.75) is 51.3 Å². The van der Waals surface area contributed by atoms with Gasteiger partial charge in [-0.05, 0) is 45.2 Å². The number of morpholine rings is 1. The summed E-state index contributed by atoms with van der Waals surface area (Å²) in [6.45, 7) is 5.54. The second-order valence-corrected chi connectivity index (χ2v) is 6.25. The Morgan fingerprint density at radius 3 is 2.95 bits per heavy atom. The highest BCUT2D eigenvalue weighted by Crippen LogP contribution is 2.31. The normalized spacial score (nSPS) is 25.0. The smallest absolute Gasteiger partial charge is 0.256 e. The molecule has 2 unspecified atom stereocenters. The zero-order valence-corrected chi connectivity index (χ0v) is 12.8. The Balaban J connectivity index is 1.84. The standard InChI is InChI=1S/C17H24N2O2/c1-12(2)18-14-7-4-3-6-13(14)17(20)19-10-11-21-16-9-5-8-15(16)19/h3-4,6-7,12,15-16,18H,5,8-11H2,1-2H3. The topological polar surface area (TPSA) is 41.6 Å². The van der Waals surface area contributed by atoms with Crippen LogP contribution in [0, 0.1) is 0 Å². The summed E-state index contributed by atoms with van der Waals surface area (Å²) in [7, 11) is 0. The van der Waals surface area contributed by atoms with E-state index >= 15 is 0 Å². The van der Waals surface area contributed by atoms with E-state index in [4.69, 9.17) is 4.74 Å². The highest BCUT2D eigenvalue weighted by molar-refractivity contribution is 6.00. The molecule has 1 aromatic carbocycles. The van der Waals surface area contributed by atoms with E-state index in [1.807, 2.05) is 29.2 Å². The Hall–Kier alpha value is -1.55. The summed E-state index contributed by atoms with van der Waals surface area (Å²) < 4.78 is 5.80. The number of carbonyl (C=O) groups excluding carboxylic acids is 1. The molecule has 114 valence electrons. The Labute approximate surface area is 126 Å². The second kappa shape index (κ2) is 6.06. The van der Waals surface area contributed by atoms with E-state index in [1.54, 1.807) is 0 Å². The van der Waals surface area contributed by atoms with Gasteiger partial charge in [-0.3, -0.25) is 4.79 Å². The van der Waals surface area contributed by atoms with E-state index in [-0.39, 0.29) is 18.1 Å². The number of hydrogen-bond acceptors (Lipinski definition) is 3. The lowest BCUT2D eigenvalue weighted by Crippen LogP contribution is -2.51. The van der Waals surface area contributed by atoms with Gasteiger partial charge in [0.05, 0.1) is 24.3 Å². The van der Waals surface area contributed by atoms with Crippen LogP contribution in [0.1, 0.15) is 43.5 Å². The molecule has 1 saturated carbocycles. The summed E-state index contributed by atoms with van der Waals surface area (Å²) in [6, 6.07) is 8.39. The van der Waals surface area contributed by atoms with Crippen LogP contribution in [-0.2, 0) is 4.74 Å². The molecule has 2 aliphatic rings. The van der Waals surface area contributed by atoms with Crippen LogP contribution < -0.4 is 5.32 Å². The Morgan fingerprint density at radius 2 is 2.14 bits per heavy atom. The predicted octanol–water partition coefficient (Wildman–Crippen LogP) is 2.90. The van der Waals surface area contributed by atoms with Gasteiger partial charge in [0, 0.05) is 18.3 Å². The number of ether oxygens (including phenoxy) is 1. The van der Waals surface area contributed by atoms with Crippen LogP contribution in [0.25, 0.3) is 0 Å². The summed E-state index contributed by atoms with van der Waals surface area (Å²) in [5.74, 6) is 0.138. The van der Waals surface area contributed by atoms with Crippen molar-refractivity contribution < 1.29 is 9.53 Å². The van der Waals surface area contributed by atoms with E-state index < -0.39 is 0 Å². The molecule has 4 nitrogen and oxygen atoms in total. The number of para-hydroxylation sites is 1. The first-order valence-electron chi connectivity index (χ1n) is 7.95. The number of nitrogens with zero attached hydrogens (tertiary/aromatic N) is 1. The van der Waals surface area contributed by atoms with Crippen LogP contribution in [0.2, 0.25) is 0 Å². The van der Waals surface area contributed by atoms with E-state index in [0.29, 0.717) is 19.2 Å². The van der Waals surface area contributed by atoms with Crippen molar-refractivity contribution in [3.63, 3.8) is 0 Å². The van der Waals surface area contributed by atoms with E-state index in [1.165, 1.54) is 0 Å². The molecule has 3 rings (SSSR count). The maximum absolute atomic E-state index is 13.0. The fourth-order valence-electron chi connectivity index (χ4n) is 3.44. The minimum atomic E-state index is 0.138. The van der Waals surface area contributed by atoms with Gasteiger partial charge in [-0.2, -0.15) is 0 Å². The third-order valence-electron chi connectivity index (χ3n) is 4.34. The minimum Gasteiger partial charge on any atom is -0.382 e. The van der Waals surface area contributed by atoms with Gasteiger partial charge in [0.25, 0.3) is 5.91 Å². The van der Waals surface area contributed by atoms with Crippen molar-refractivity contribution in [1.82, 2.24) is 4.90 Å². The second-order valence-electron chi connectivity index (χ2n) is 6.25. The van der Waals surface area contributed by atoms with Gasteiger partial charge >= 0.3 is 0 Å². The minimum absolute atomic E-state index is 0.138. The average molecular weight is 288 g/mol. The molecule has 0 bridgehead atoms. The van der Waals surface area contributed by atoms with Crippen LogP contribution in [0.5, 0.6) is 0 Å². The number of fused-ring (bicyclic) bond motifs is 1. The fourth-order valence-corrected chi connectivity index (χ4v) is 3.44. The first-order valence-corrected chi connectivity index (χ1v) is 7.95. The third-order valence-corrected chi connectivity index (χ3v) is 4.34. The molecule has 0 radical (unpaired) electrons. The Morgan fingerprint density at radius 1 is 1.33 bits per heavy atom. The fraction of sp³-hybridized carbons (Fsp3) is 0.588. The molecule has 1 N–H and O–H groups in total. The van der Waals surface area contributed by atoms with Crippen LogP contribution in [-0.4, -0.2) is 42.1 Å². The maximum Gasteiger partial charge on any atom is 0.256 e. The average Bonchev–Trinajstić information content (AvgIpc) is 2.95. The van der Waals surface area contributed by atoms with Gasteiger partial charge in [0.15, 0.2) is 0 Å². The lowest BCUT2D eigenvalue weighted by atomic mass is 10.1. The van der Waals surface area contributed by atoms with Crippen LogP contribution >= 0.6 is 0 Å². The number of rotatable bonds is 3. The zero-order chi connectivity index (χ0) is 14.8. The number of hydrogen-bond donors (Lipinski definition) is 1. The molecular formula is C17H24N2O2. The summed E-state index contributed by atoms with van der Waals surface area (Å²) >= 11 is 0. The molecule has 1 aliphatic heterocycles. The van der Waals surface area contributed by atoms with Crippen LogP contribution in [0.15, 0.2) is 24.3 Å². The Kier molecular flexibility index (Phi) is 4.15. The van der Waals surface area contributed by atoms with Crippen molar-refractivity contribution in [2.75, 3.05) is 18.5 Å². The largest absolute Gasteiger partial charge is 0.382 e. The highest BCUT2D eigenvalue weighted by Gasteiger charge is 2.39. The van der Waals surface area contributed by atoms with Crippen molar-refractivity contribution in [3.8, 4) is 0 Å². The van der Waals surface area contributed by atoms with Gasteiger partial charge in [-0.25, -0.2) is 0 Å². The molecule has 2 fully saturated rings. The first kappa shape index (κ1) is 14.4. The van der Waals surface area contributed by atoms with Gasteiger partial charge in [0.2, 0.25) is 0 Å². The molecule has 2 atom stereocenters. The lowest BCUT2D eigenvalue weighted by molar-refractivity contribution is -0.0445. The van der Waals surface area contributed by atoms with Gasteiger partial charge in [-0.15, -0.1) is 0 Å². The number of anilines is 1. The SMILES string of the molecule is CC(C)Nc1ccccc1C(=O)N1CCOC2CCCC21. The molecular weight excluding hydrogens is 264 g/mol. The molecule has 1 aliphatic carbocycles. The number of benzene rings is 1. The van der Waals surface area contributed by atoms with Crippen molar-refractivity contribution in [2.24, 2.45) is 0 Å². The quantitative estimate of drug-likeness (QED) is 0.930. The van der Waals surface area contributed by atoms with Gasteiger partial charge in [0.1, 0.15) is 0 Å². The monoisotopic (exact) mass is 288 g/mol. The molecule has 0 aromatic heterocycles. The summed E-state index contributed by atoms with van der Waals surface area (Å²) in [4.78, 5) is 15.0. The third kappa shape index (κ3) is 2.91. The summed E-state index contributed by atoms with van der Waals surface area (Å²) in [5.41, 5.74) is 1.71. The number of carbonyl (C=O) groups is 1. The van der Waals surface area contributed by atoms with Crippen molar-refractivity contribution >= 4 is 11.6 Å². The lowest BCUT2D eigenvalue weighted by Gasteiger charge is -2.38. The first-order chi connectivity index (χ1) is 10.2. The summed E-state index contributed by atoms with van der Waals surface area (Å²) in [5, 5.41) is 3.37. The molecule has 1 saturated heterocycles. The summed E-state index contributed by atoms with van der Waals surface area (Å²) in [6.07, 6.45) is 3.55. The zero-order valence-electron chi connectivity index (χ0n) is 12.8. The number of amides is 1. The molecule has 1 aromatic rings. The molecule has 4 heteroatoms. The van der Waals surface area contributed by atoms with Gasteiger partial charge in [-0.1, -0.05) is 12.1 Å². The molecule has 1 heterocycles. The Bertz CT molecular complexity index is 515. The predicted molar refractivity (Wildman–Crippen MR) is 83.6 cm³/mol. The van der Waals surface area contributed by atoms with Crippen LogP contribution in [0.3, 0.4) is 0 Å². The molecule has 0 spiro atoms. The number of nitrogens with one attached hydrogen (secondary N) is 1. The van der Waals surface area contributed by atoms with E-state index in [2.05, 4.69) is 19.2 Å². The van der Waals surface area contributed by atoms with Crippen molar-refractivity contribution in [3.05, 3.63) is 29.8 Å². The van der Waals surface area contributed by atoms with E-state index in [9.17, 15) is 4.79 Å². The molecule has 1 amide bonds. The van der Waals surface area contributed by atoms with E-state index in [0.717, 1.165) is 30.5 Å². The van der Waals surface area contributed by atoms with Gasteiger partial charge < -0.3 is 15.0 Å².